The largest absolute Gasteiger partial charge is 0.383 e. The highest BCUT2D eigenvalue weighted by atomic mass is 16.5. The number of hydrogen-bond acceptors (Lipinski definition) is 3. The minimum absolute atomic E-state index is 0.0277. The van der Waals surface area contributed by atoms with Crippen LogP contribution in [0.2, 0.25) is 0 Å². The van der Waals surface area contributed by atoms with E-state index >= 15 is 0 Å². The molecule has 116 valence electrons. The monoisotopic (exact) mass is 284 g/mol. The van der Waals surface area contributed by atoms with Gasteiger partial charge in [-0.25, -0.2) is 0 Å². The zero-order valence-corrected chi connectivity index (χ0v) is 13.3. The van der Waals surface area contributed by atoms with Gasteiger partial charge in [0.1, 0.15) is 12.1 Å². The number of amides is 2. The lowest BCUT2D eigenvalue weighted by Gasteiger charge is -2.40. The predicted molar refractivity (Wildman–Crippen MR) is 78.2 cm³/mol. The summed E-state index contributed by atoms with van der Waals surface area (Å²) in [5, 5.41) is 2.89. The van der Waals surface area contributed by atoms with Crippen LogP contribution in [0.1, 0.15) is 40.5 Å². The van der Waals surface area contributed by atoms with Gasteiger partial charge in [0.15, 0.2) is 0 Å². The Balaban J connectivity index is 2.85. The molecule has 1 rings (SSSR count). The molecule has 1 saturated heterocycles. The minimum atomic E-state index is -0.386. The number of nitrogens with zero attached hydrogens (tertiary/aromatic N) is 1. The van der Waals surface area contributed by atoms with Gasteiger partial charge in [0.2, 0.25) is 11.8 Å². The Kier molecular flexibility index (Phi) is 6.46. The van der Waals surface area contributed by atoms with Crippen LogP contribution in [0.25, 0.3) is 0 Å². The third-order valence-corrected chi connectivity index (χ3v) is 3.51. The third-order valence-electron chi connectivity index (χ3n) is 3.51. The molecule has 1 aliphatic rings. The molecular formula is C15H28N2O3. The van der Waals surface area contributed by atoms with Crippen molar-refractivity contribution in [3.63, 3.8) is 0 Å². The van der Waals surface area contributed by atoms with Crippen LogP contribution in [0, 0.1) is 11.8 Å². The maximum absolute atomic E-state index is 12.6. The van der Waals surface area contributed by atoms with Gasteiger partial charge in [-0.1, -0.05) is 27.7 Å². The molecule has 1 heterocycles. The summed E-state index contributed by atoms with van der Waals surface area (Å²) in [6.07, 6.45) is 1.37. The van der Waals surface area contributed by atoms with Gasteiger partial charge in [0.25, 0.3) is 0 Å². The molecule has 2 atom stereocenters. The number of nitrogens with one attached hydrogen (secondary N) is 1. The van der Waals surface area contributed by atoms with Gasteiger partial charge < -0.3 is 15.0 Å². The molecule has 0 aromatic heterocycles. The summed E-state index contributed by atoms with van der Waals surface area (Å²) in [5.41, 5.74) is 0. The molecule has 5 nitrogen and oxygen atoms in total. The number of piperazine rings is 1. The van der Waals surface area contributed by atoms with Gasteiger partial charge in [0.05, 0.1) is 6.61 Å². The SMILES string of the molecule is COCCN1C(=O)C(CC(C)C)NC(=O)C1CC(C)C. The van der Waals surface area contributed by atoms with Crippen molar-refractivity contribution in [1.82, 2.24) is 10.2 Å². The number of carbonyl (C=O) groups excluding carboxylic acids is 2. The number of hydrogen-bond donors (Lipinski definition) is 1. The van der Waals surface area contributed by atoms with Crippen molar-refractivity contribution in [3.05, 3.63) is 0 Å². The van der Waals surface area contributed by atoms with E-state index in [-0.39, 0.29) is 23.9 Å². The quantitative estimate of drug-likeness (QED) is 0.769. The Labute approximate surface area is 122 Å². The van der Waals surface area contributed by atoms with Crippen molar-refractivity contribution in [1.29, 1.82) is 0 Å². The summed E-state index contributed by atoms with van der Waals surface area (Å²) in [5.74, 6) is 0.737. The molecule has 5 heteroatoms. The number of rotatable bonds is 7. The predicted octanol–water partition coefficient (Wildman–Crippen LogP) is 1.42. The summed E-state index contributed by atoms with van der Waals surface area (Å²) in [4.78, 5) is 26.6. The standard InChI is InChI=1S/C15H28N2O3/c1-10(2)8-12-15(19)17(6-7-20-5)13(9-11(3)4)14(18)16-12/h10-13H,6-9H2,1-5H3,(H,16,18). The highest BCUT2D eigenvalue weighted by Crippen LogP contribution is 2.20. The normalized spacial score (nSPS) is 23.6. The molecule has 0 spiro atoms. The molecule has 0 aromatic carbocycles. The van der Waals surface area contributed by atoms with Crippen LogP contribution >= 0.6 is 0 Å². The van der Waals surface area contributed by atoms with E-state index in [0.29, 0.717) is 37.8 Å². The van der Waals surface area contributed by atoms with E-state index in [1.165, 1.54) is 0 Å². The van der Waals surface area contributed by atoms with Crippen LogP contribution in [0.3, 0.4) is 0 Å². The molecule has 1 aliphatic heterocycles. The second kappa shape index (κ2) is 7.62. The van der Waals surface area contributed by atoms with Crippen LogP contribution in [-0.4, -0.2) is 49.1 Å². The van der Waals surface area contributed by atoms with Gasteiger partial charge in [-0.15, -0.1) is 0 Å². The van der Waals surface area contributed by atoms with E-state index in [0.717, 1.165) is 0 Å². The average molecular weight is 284 g/mol. The Hall–Kier alpha value is -1.10. The second-order valence-electron chi connectivity index (χ2n) is 6.36. The Morgan fingerprint density at radius 1 is 1.15 bits per heavy atom. The Morgan fingerprint density at radius 3 is 2.25 bits per heavy atom. The van der Waals surface area contributed by atoms with Crippen molar-refractivity contribution >= 4 is 11.8 Å². The van der Waals surface area contributed by atoms with Gasteiger partial charge in [-0.2, -0.15) is 0 Å². The molecule has 2 amide bonds. The van der Waals surface area contributed by atoms with E-state index in [1.54, 1.807) is 12.0 Å². The van der Waals surface area contributed by atoms with E-state index in [1.807, 2.05) is 0 Å². The molecule has 0 radical (unpaired) electrons. The van der Waals surface area contributed by atoms with Gasteiger partial charge in [0, 0.05) is 13.7 Å². The van der Waals surface area contributed by atoms with E-state index in [4.69, 9.17) is 4.74 Å². The van der Waals surface area contributed by atoms with Crippen LogP contribution in [0.5, 0.6) is 0 Å². The van der Waals surface area contributed by atoms with Crippen LogP contribution in [0.4, 0.5) is 0 Å². The van der Waals surface area contributed by atoms with Crippen molar-refractivity contribution in [2.24, 2.45) is 11.8 Å². The first-order valence-electron chi connectivity index (χ1n) is 7.46. The first-order chi connectivity index (χ1) is 9.36. The number of carbonyl (C=O) groups is 2. The van der Waals surface area contributed by atoms with Crippen LogP contribution < -0.4 is 5.32 Å². The molecule has 1 N–H and O–H groups in total. The van der Waals surface area contributed by atoms with Crippen LogP contribution in [0.15, 0.2) is 0 Å². The molecule has 2 unspecified atom stereocenters. The topological polar surface area (TPSA) is 58.6 Å². The lowest BCUT2D eigenvalue weighted by atomic mass is 9.94. The molecule has 20 heavy (non-hydrogen) atoms. The fraction of sp³-hybridized carbons (Fsp3) is 0.867. The number of ether oxygens (including phenoxy) is 1. The summed E-state index contributed by atoms with van der Waals surface area (Å²) in [7, 11) is 1.61. The molecule has 1 fully saturated rings. The van der Waals surface area contributed by atoms with E-state index in [2.05, 4.69) is 33.0 Å². The van der Waals surface area contributed by atoms with Gasteiger partial charge in [-0.3, -0.25) is 9.59 Å². The zero-order chi connectivity index (χ0) is 15.3. The van der Waals surface area contributed by atoms with Crippen molar-refractivity contribution in [2.45, 2.75) is 52.6 Å². The smallest absolute Gasteiger partial charge is 0.245 e. The lowest BCUT2D eigenvalue weighted by molar-refractivity contribution is -0.151. The number of methoxy groups -OCH3 is 1. The third kappa shape index (κ3) is 4.47. The van der Waals surface area contributed by atoms with E-state index in [9.17, 15) is 9.59 Å². The Morgan fingerprint density at radius 2 is 1.75 bits per heavy atom. The Bertz CT molecular complexity index is 342. The molecule has 0 aromatic rings. The van der Waals surface area contributed by atoms with Crippen LogP contribution in [-0.2, 0) is 14.3 Å². The van der Waals surface area contributed by atoms with Gasteiger partial charge >= 0.3 is 0 Å². The fourth-order valence-electron chi connectivity index (χ4n) is 2.59. The lowest BCUT2D eigenvalue weighted by Crippen LogP contribution is -2.64. The summed E-state index contributed by atoms with van der Waals surface area (Å²) < 4.78 is 5.07. The minimum Gasteiger partial charge on any atom is -0.383 e. The summed E-state index contributed by atoms with van der Waals surface area (Å²) >= 11 is 0. The van der Waals surface area contributed by atoms with E-state index < -0.39 is 0 Å². The molecule has 0 bridgehead atoms. The van der Waals surface area contributed by atoms with Crippen molar-refractivity contribution in [3.8, 4) is 0 Å². The van der Waals surface area contributed by atoms with Crippen molar-refractivity contribution < 1.29 is 14.3 Å². The molecule has 0 aliphatic carbocycles. The summed E-state index contributed by atoms with van der Waals surface area (Å²) in [6, 6.07) is -0.746. The highest BCUT2D eigenvalue weighted by Gasteiger charge is 2.40. The van der Waals surface area contributed by atoms with Gasteiger partial charge in [-0.05, 0) is 24.7 Å². The molecular weight excluding hydrogens is 256 g/mol. The maximum Gasteiger partial charge on any atom is 0.245 e. The fourth-order valence-corrected chi connectivity index (χ4v) is 2.59. The summed E-state index contributed by atoms with van der Waals surface area (Å²) in [6.45, 7) is 9.17. The van der Waals surface area contributed by atoms with Crippen molar-refractivity contribution in [2.75, 3.05) is 20.3 Å². The maximum atomic E-state index is 12.6. The first-order valence-corrected chi connectivity index (χ1v) is 7.46. The second-order valence-corrected chi connectivity index (χ2v) is 6.36. The first kappa shape index (κ1) is 17.0. The average Bonchev–Trinajstić information content (AvgIpc) is 2.34. The molecule has 0 saturated carbocycles. The zero-order valence-electron chi connectivity index (χ0n) is 13.3. The highest BCUT2D eigenvalue weighted by molar-refractivity contribution is 5.96.